The summed E-state index contributed by atoms with van der Waals surface area (Å²) >= 11 is 0. The molecule has 0 radical (unpaired) electrons. The highest BCUT2D eigenvalue weighted by molar-refractivity contribution is 5.44. The largest absolute Gasteiger partial charge is 0.454 e. The summed E-state index contributed by atoms with van der Waals surface area (Å²) in [5.74, 6) is 1.75. The van der Waals surface area contributed by atoms with Gasteiger partial charge in [0.2, 0.25) is 6.79 Å². The van der Waals surface area contributed by atoms with Gasteiger partial charge < -0.3 is 14.8 Å². The van der Waals surface area contributed by atoms with E-state index in [1.165, 1.54) is 31.2 Å². The molecule has 112 valence electrons. The fraction of sp³-hybridized carbons (Fsp3) is 0.647. The minimum absolute atomic E-state index is 0.349. The highest BCUT2D eigenvalue weighted by Crippen LogP contribution is 2.32. The van der Waals surface area contributed by atoms with E-state index in [0.29, 0.717) is 18.9 Å². The topological polar surface area (TPSA) is 30.5 Å². The number of hydrogen-bond acceptors (Lipinski definition) is 3. The molecule has 1 aromatic rings. The summed E-state index contributed by atoms with van der Waals surface area (Å²) in [5, 5.41) is 3.76. The van der Waals surface area contributed by atoms with E-state index in [-0.39, 0.29) is 0 Å². The number of fused-ring (bicyclic) bond motifs is 1. The molecule has 3 nitrogen and oxygen atoms in total. The van der Waals surface area contributed by atoms with Crippen LogP contribution in [0.2, 0.25) is 0 Å². The third kappa shape index (κ3) is 4.14. The molecule has 0 fully saturated rings. The Hall–Kier alpha value is -1.22. The highest BCUT2D eigenvalue weighted by Gasteiger charge is 2.15. The van der Waals surface area contributed by atoms with Gasteiger partial charge in [-0.2, -0.15) is 0 Å². The molecular formula is C17H27NO2. The van der Waals surface area contributed by atoms with Gasteiger partial charge in [0, 0.05) is 12.1 Å². The fourth-order valence-electron chi connectivity index (χ4n) is 2.89. The first-order chi connectivity index (χ1) is 9.72. The summed E-state index contributed by atoms with van der Waals surface area (Å²) in [4.78, 5) is 0. The zero-order valence-electron chi connectivity index (χ0n) is 12.9. The Kier molecular flexibility index (Phi) is 5.72. The maximum absolute atomic E-state index is 5.44. The van der Waals surface area contributed by atoms with E-state index in [1.807, 2.05) is 6.07 Å². The zero-order valence-corrected chi connectivity index (χ0v) is 12.9. The molecule has 1 aliphatic rings. The Morgan fingerprint density at radius 1 is 1.10 bits per heavy atom. The Morgan fingerprint density at radius 3 is 2.50 bits per heavy atom. The predicted octanol–water partition coefficient (Wildman–Crippen LogP) is 3.90. The first-order valence-electron chi connectivity index (χ1n) is 7.87. The molecule has 3 heteroatoms. The molecule has 0 saturated carbocycles. The lowest BCUT2D eigenvalue weighted by atomic mass is 10.0. The maximum Gasteiger partial charge on any atom is 0.231 e. The smallest absolute Gasteiger partial charge is 0.231 e. The fourth-order valence-corrected chi connectivity index (χ4v) is 2.89. The van der Waals surface area contributed by atoms with Crippen LogP contribution in [0.25, 0.3) is 0 Å². The zero-order chi connectivity index (χ0) is 14.4. The molecule has 1 N–H and O–H groups in total. The summed E-state index contributed by atoms with van der Waals surface area (Å²) in [7, 11) is 0. The van der Waals surface area contributed by atoms with Gasteiger partial charge in [0.15, 0.2) is 11.5 Å². The number of rotatable bonds is 8. The van der Waals surface area contributed by atoms with Crippen molar-refractivity contribution >= 4 is 0 Å². The van der Waals surface area contributed by atoms with E-state index in [2.05, 4.69) is 38.2 Å². The molecule has 0 bridgehead atoms. The second kappa shape index (κ2) is 7.53. The van der Waals surface area contributed by atoms with Gasteiger partial charge >= 0.3 is 0 Å². The molecule has 0 aromatic heterocycles. The van der Waals surface area contributed by atoms with Crippen molar-refractivity contribution in [3.05, 3.63) is 23.8 Å². The Labute approximate surface area is 122 Å². The molecule has 1 atom stereocenters. The molecule has 1 aromatic carbocycles. The van der Waals surface area contributed by atoms with E-state index >= 15 is 0 Å². The number of nitrogens with one attached hydrogen (secondary N) is 1. The van der Waals surface area contributed by atoms with Crippen LogP contribution < -0.4 is 14.8 Å². The second-order valence-corrected chi connectivity index (χ2v) is 5.73. The van der Waals surface area contributed by atoms with E-state index in [1.54, 1.807) is 0 Å². The first-order valence-corrected chi connectivity index (χ1v) is 7.87. The number of hydrogen-bond donors (Lipinski definition) is 1. The van der Waals surface area contributed by atoms with Crippen molar-refractivity contribution in [2.24, 2.45) is 0 Å². The van der Waals surface area contributed by atoms with Crippen molar-refractivity contribution in [1.82, 2.24) is 5.32 Å². The van der Waals surface area contributed by atoms with E-state index in [9.17, 15) is 0 Å². The van der Waals surface area contributed by atoms with E-state index < -0.39 is 0 Å². The van der Waals surface area contributed by atoms with Gasteiger partial charge in [0.05, 0.1) is 0 Å². The lowest BCUT2D eigenvalue weighted by Crippen LogP contribution is -2.37. The summed E-state index contributed by atoms with van der Waals surface area (Å²) in [5.41, 5.74) is 1.31. The third-order valence-corrected chi connectivity index (χ3v) is 3.77. The van der Waals surface area contributed by atoms with Crippen molar-refractivity contribution in [2.45, 2.75) is 65.0 Å². The SMILES string of the molecule is CCCC(CCC)NC(C)Cc1ccc2c(c1)OCO2. The molecule has 20 heavy (non-hydrogen) atoms. The van der Waals surface area contributed by atoms with Crippen molar-refractivity contribution in [1.29, 1.82) is 0 Å². The summed E-state index contributed by atoms with van der Waals surface area (Å²) < 4.78 is 10.8. The van der Waals surface area contributed by atoms with Crippen molar-refractivity contribution < 1.29 is 9.47 Å². The molecule has 0 aliphatic carbocycles. The standard InChI is InChI=1S/C17H27NO2/c1-4-6-15(7-5-2)18-13(3)10-14-8-9-16-17(11-14)20-12-19-16/h8-9,11,13,15,18H,4-7,10,12H2,1-3H3. The Balaban J connectivity index is 1.88. The third-order valence-electron chi connectivity index (χ3n) is 3.77. The Bertz CT molecular complexity index is 413. The molecule has 2 rings (SSSR count). The highest BCUT2D eigenvalue weighted by atomic mass is 16.7. The average molecular weight is 277 g/mol. The van der Waals surface area contributed by atoms with Crippen LogP contribution in [0.15, 0.2) is 18.2 Å². The molecule has 1 heterocycles. The average Bonchev–Trinajstić information content (AvgIpc) is 2.86. The molecule has 0 spiro atoms. The maximum atomic E-state index is 5.44. The van der Waals surface area contributed by atoms with Crippen molar-refractivity contribution in [3.8, 4) is 11.5 Å². The van der Waals surface area contributed by atoms with Gasteiger partial charge in [-0.1, -0.05) is 32.8 Å². The van der Waals surface area contributed by atoms with Gasteiger partial charge in [-0.25, -0.2) is 0 Å². The van der Waals surface area contributed by atoms with Crippen LogP contribution in [0.1, 0.15) is 52.0 Å². The molecular weight excluding hydrogens is 250 g/mol. The number of benzene rings is 1. The molecule has 1 unspecified atom stereocenters. The minimum Gasteiger partial charge on any atom is -0.454 e. The monoisotopic (exact) mass is 277 g/mol. The van der Waals surface area contributed by atoms with E-state index in [0.717, 1.165) is 17.9 Å². The van der Waals surface area contributed by atoms with Gasteiger partial charge in [-0.05, 0) is 43.9 Å². The van der Waals surface area contributed by atoms with Gasteiger partial charge in [0.1, 0.15) is 0 Å². The van der Waals surface area contributed by atoms with Crippen LogP contribution in [0.5, 0.6) is 11.5 Å². The lowest BCUT2D eigenvalue weighted by Gasteiger charge is -2.23. The molecule has 1 aliphatic heterocycles. The quantitative estimate of drug-likeness (QED) is 0.781. The van der Waals surface area contributed by atoms with Crippen LogP contribution in [-0.4, -0.2) is 18.9 Å². The molecule has 0 saturated heterocycles. The summed E-state index contributed by atoms with van der Waals surface area (Å²) in [6.45, 7) is 7.13. The second-order valence-electron chi connectivity index (χ2n) is 5.73. The molecule has 0 amide bonds. The van der Waals surface area contributed by atoms with Gasteiger partial charge in [-0.15, -0.1) is 0 Å². The predicted molar refractivity (Wildman–Crippen MR) is 82.5 cm³/mol. The lowest BCUT2D eigenvalue weighted by molar-refractivity contribution is 0.174. The van der Waals surface area contributed by atoms with E-state index in [4.69, 9.17) is 9.47 Å². The van der Waals surface area contributed by atoms with Gasteiger partial charge in [0.25, 0.3) is 0 Å². The first kappa shape index (κ1) is 15.2. The van der Waals surface area contributed by atoms with Crippen LogP contribution in [0, 0.1) is 0 Å². The van der Waals surface area contributed by atoms with Crippen LogP contribution in [0.4, 0.5) is 0 Å². The normalized spacial score (nSPS) is 14.8. The van der Waals surface area contributed by atoms with Crippen LogP contribution >= 0.6 is 0 Å². The van der Waals surface area contributed by atoms with Crippen LogP contribution in [-0.2, 0) is 6.42 Å². The van der Waals surface area contributed by atoms with Crippen molar-refractivity contribution in [2.75, 3.05) is 6.79 Å². The minimum atomic E-state index is 0.349. The summed E-state index contributed by atoms with van der Waals surface area (Å²) in [6, 6.07) is 7.39. The van der Waals surface area contributed by atoms with Crippen LogP contribution in [0.3, 0.4) is 0 Å². The Morgan fingerprint density at radius 2 is 1.80 bits per heavy atom. The van der Waals surface area contributed by atoms with Crippen molar-refractivity contribution in [3.63, 3.8) is 0 Å². The number of ether oxygens (including phenoxy) is 2. The van der Waals surface area contributed by atoms with Gasteiger partial charge in [-0.3, -0.25) is 0 Å². The summed E-state index contributed by atoms with van der Waals surface area (Å²) in [6.07, 6.45) is 6.04.